The molecular formula is C17H26N2O2. The summed E-state index contributed by atoms with van der Waals surface area (Å²) >= 11 is 0. The van der Waals surface area contributed by atoms with E-state index in [-0.39, 0.29) is 11.8 Å². The van der Waals surface area contributed by atoms with Crippen LogP contribution in [0.5, 0.6) is 0 Å². The summed E-state index contributed by atoms with van der Waals surface area (Å²) in [6.07, 6.45) is 1.75. The standard InChI is InChI=1S/C17H26N2O2/c1-13(2)12-17(21)19-11-10-18-16(20)9-8-15-6-4-14(3)5-7-15/h4-7,13H,8-12H2,1-3H3,(H,18,20)(H,19,21). The number of nitrogens with one attached hydrogen (secondary N) is 2. The molecule has 4 heteroatoms. The predicted octanol–water partition coefficient (Wildman–Crippen LogP) is 2.21. The summed E-state index contributed by atoms with van der Waals surface area (Å²) in [7, 11) is 0. The van der Waals surface area contributed by atoms with Crippen LogP contribution in [0.4, 0.5) is 0 Å². The molecule has 0 fully saturated rings. The first kappa shape index (κ1) is 17.2. The van der Waals surface area contributed by atoms with Crippen LogP contribution >= 0.6 is 0 Å². The van der Waals surface area contributed by atoms with Crippen LogP contribution in [0.25, 0.3) is 0 Å². The molecule has 2 amide bonds. The second-order valence-corrected chi connectivity index (χ2v) is 5.78. The number of carbonyl (C=O) groups is 2. The summed E-state index contributed by atoms with van der Waals surface area (Å²) in [5.74, 6) is 0.418. The molecule has 116 valence electrons. The molecule has 21 heavy (non-hydrogen) atoms. The van der Waals surface area contributed by atoms with Crippen LogP contribution in [-0.2, 0) is 16.0 Å². The highest BCUT2D eigenvalue weighted by atomic mass is 16.2. The van der Waals surface area contributed by atoms with Crippen LogP contribution in [0, 0.1) is 12.8 Å². The van der Waals surface area contributed by atoms with E-state index < -0.39 is 0 Å². The highest BCUT2D eigenvalue weighted by Crippen LogP contribution is 2.05. The number of aryl methyl sites for hydroxylation is 2. The lowest BCUT2D eigenvalue weighted by atomic mass is 10.1. The lowest BCUT2D eigenvalue weighted by Crippen LogP contribution is -2.35. The van der Waals surface area contributed by atoms with Gasteiger partial charge in [0, 0.05) is 25.9 Å². The molecular weight excluding hydrogens is 264 g/mol. The van der Waals surface area contributed by atoms with E-state index in [2.05, 4.69) is 34.9 Å². The number of hydrogen-bond donors (Lipinski definition) is 2. The zero-order chi connectivity index (χ0) is 15.7. The van der Waals surface area contributed by atoms with E-state index in [9.17, 15) is 9.59 Å². The Labute approximate surface area is 127 Å². The van der Waals surface area contributed by atoms with Gasteiger partial charge in [0.05, 0.1) is 0 Å². The Balaban J connectivity index is 2.11. The van der Waals surface area contributed by atoms with E-state index in [0.717, 1.165) is 6.42 Å². The molecule has 1 rings (SSSR count). The summed E-state index contributed by atoms with van der Waals surface area (Å²) in [6.45, 7) is 7.03. The van der Waals surface area contributed by atoms with Crippen LogP contribution in [-0.4, -0.2) is 24.9 Å². The van der Waals surface area contributed by atoms with Gasteiger partial charge in [-0.2, -0.15) is 0 Å². The average molecular weight is 290 g/mol. The predicted molar refractivity (Wildman–Crippen MR) is 85.0 cm³/mol. The fraction of sp³-hybridized carbons (Fsp3) is 0.529. The Hall–Kier alpha value is -1.84. The van der Waals surface area contributed by atoms with Crippen molar-refractivity contribution in [1.29, 1.82) is 0 Å². The molecule has 0 aliphatic rings. The fourth-order valence-corrected chi connectivity index (χ4v) is 1.95. The molecule has 2 N–H and O–H groups in total. The van der Waals surface area contributed by atoms with Gasteiger partial charge in [0.15, 0.2) is 0 Å². The first-order chi connectivity index (χ1) is 9.97. The lowest BCUT2D eigenvalue weighted by molar-refractivity contribution is -0.123. The van der Waals surface area contributed by atoms with E-state index in [4.69, 9.17) is 0 Å². The van der Waals surface area contributed by atoms with Crippen molar-refractivity contribution in [3.05, 3.63) is 35.4 Å². The summed E-state index contributed by atoms with van der Waals surface area (Å²) in [4.78, 5) is 23.1. The maximum Gasteiger partial charge on any atom is 0.220 e. The summed E-state index contributed by atoms with van der Waals surface area (Å²) in [6, 6.07) is 8.21. The summed E-state index contributed by atoms with van der Waals surface area (Å²) < 4.78 is 0. The first-order valence-corrected chi connectivity index (χ1v) is 7.56. The molecule has 0 saturated heterocycles. The largest absolute Gasteiger partial charge is 0.354 e. The number of rotatable bonds is 8. The van der Waals surface area contributed by atoms with Crippen LogP contribution < -0.4 is 10.6 Å². The SMILES string of the molecule is Cc1ccc(CCC(=O)NCCNC(=O)CC(C)C)cc1. The lowest BCUT2D eigenvalue weighted by Gasteiger charge is -2.08. The molecule has 0 aliphatic heterocycles. The molecule has 0 aliphatic carbocycles. The van der Waals surface area contributed by atoms with E-state index >= 15 is 0 Å². The highest BCUT2D eigenvalue weighted by Gasteiger charge is 2.05. The van der Waals surface area contributed by atoms with Gasteiger partial charge < -0.3 is 10.6 Å². The minimum atomic E-state index is 0.0219. The Morgan fingerprint density at radius 3 is 2.14 bits per heavy atom. The second-order valence-electron chi connectivity index (χ2n) is 5.78. The first-order valence-electron chi connectivity index (χ1n) is 7.56. The van der Waals surface area contributed by atoms with Gasteiger partial charge in [-0.05, 0) is 24.8 Å². The van der Waals surface area contributed by atoms with Crippen molar-refractivity contribution in [3.63, 3.8) is 0 Å². The summed E-state index contributed by atoms with van der Waals surface area (Å²) in [5.41, 5.74) is 2.39. The van der Waals surface area contributed by atoms with Crippen molar-refractivity contribution in [2.45, 2.75) is 40.0 Å². The van der Waals surface area contributed by atoms with Gasteiger partial charge in [-0.25, -0.2) is 0 Å². The van der Waals surface area contributed by atoms with Gasteiger partial charge >= 0.3 is 0 Å². The highest BCUT2D eigenvalue weighted by molar-refractivity contribution is 5.77. The Kier molecular flexibility index (Phi) is 7.51. The van der Waals surface area contributed by atoms with Crippen LogP contribution in [0.2, 0.25) is 0 Å². The minimum absolute atomic E-state index is 0.0219. The van der Waals surface area contributed by atoms with Crippen molar-refractivity contribution in [1.82, 2.24) is 10.6 Å². The average Bonchev–Trinajstić information content (AvgIpc) is 2.42. The normalized spacial score (nSPS) is 10.5. The van der Waals surface area contributed by atoms with Gasteiger partial charge in [0.25, 0.3) is 0 Å². The van der Waals surface area contributed by atoms with E-state index in [1.165, 1.54) is 11.1 Å². The fourth-order valence-electron chi connectivity index (χ4n) is 1.95. The van der Waals surface area contributed by atoms with E-state index in [1.54, 1.807) is 0 Å². The van der Waals surface area contributed by atoms with Gasteiger partial charge in [0.1, 0.15) is 0 Å². The van der Waals surface area contributed by atoms with Crippen LogP contribution in [0.3, 0.4) is 0 Å². The van der Waals surface area contributed by atoms with Crippen LogP contribution in [0.1, 0.15) is 37.8 Å². The number of benzene rings is 1. The Bertz CT molecular complexity index is 452. The third-order valence-electron chi connectivity index (χ3n) is 3.12. The van der Waals surface area contributed by atoms with Gasteiger partial charge in [-0.15, -0.1) is 0 Å². The second kappa shape index (κ2) is 9.16. The quantitative estimate of drug-likeness (QED) is 0.721. The molecule has 0 spiro atoms. The molecule has 0 radical (unpaired) electrons. The van der Waals surface area contributed by atoms with Crippen molar-refractivity contribution in [2.75, 3.05) is 13.1 Å². The van der Waals surface area contributed by atoms with E-state index in [0.29, 0.717) is 31.8 Å². The minimum Gasteiger partial charge on any atom is -0.354 e. The van der Waals surface area contributed by atoms with Crippen molar-refractivity contribution >= 4 is 11.8 Å². The molecule has 0 unspecified atom stereocenters. The van der Waals surface area contributed by atoms with Crippen molar-refractivity contribution in [3.8, 4) is 0 Å². The van der Waals surface area contributed by atoms with Gasteiger partial charge in [-0.1, -0.05) is 43.7 Å². The zero-order valence-corrected chi connectivity index (χ0v) is 13.2. The zero-order valence-electron chi connectivity index (χ0n) is 13.2. The number of amides is 2. The molecule has 0 saturated carbocycles. The molecule has 1 aromatic carbocycles. The third-order valence-corrected chi connectivity index (χ3v) is 3.12. The molecule has 1 aromatic rings. The molecule has 4 nitrogen and oxygen atoms in total. The van der Waals surface area contributed by atoms with Crippen molar-refractivity contribution in [2.24, 2.45) is 5.92 Å². The molecule has 0 heterocycles. The molecule has 0 bridgehead atoms. The number of hydrogen-bond acceptors (Lipinski definition) is 2. The maximum atomic E-state index is 11.7. The van der Waals surface area contributed by atoms with Crippen molar-refractivity contribution < 1.29 is 9.59 Å². The smallest absolute Gasteiger partial charge is 0.220 e. The third kappa shape index (κ3) is 8.12. The Morgan fingerprint density at radius 2 is 1.57 bits per heavy atom. The van der Waals surface area contributed by atoms with Gasteiger partial charge in [0.2, 0.25) is 11.8 Å². The summed E-state index contributed by atoms with van der Waals surface area (Å²) in [5, 5.41) is 5.62. The van der Waals surface area contributed by atoms with Gasteiger partial charge in [-0.3, -0.25) is 9.59 Å². The molecule has 0 aromatic heterocycles. The van der Waals surface area contributed by atoms with Crippen LogP contribution in [0.15, 0.2) is 24.3 Å². The monoisotopic (exact) mass is 290 g/mol. The van der Waals surface area contributed by atoms with E-state index in [1.807, 2.05) is 20.8 Å². The molecule has 0 atom stereocenters. The Morgan fingerprint density at radius 1 is 1.00 bits per heavy atom. The number of carbonyl (C=O) groups excluding carboxylic acids is 2. The maximum absolute atomic E-state index is 11.7. The topological polar surface area (TPSA) is 58.2 Å².